The maximum Gasteiger partial charge on any atom is 0.251 e. The van der Waals surface area contributed by atoms with Gasteiger partial charge in [-0.25, -0.2) is 0 Å². The number of carbonyl (C=O) groups excluding carboxylic acids is 1. The molecular formula is C21H18ClNO2. The van der Waals surface area contributed by atoms with Crippen LogP contribution in [0, 0.1) is 0 Å². The number of nitrogens with one attached hydrogen (secondary N) is 1. The highest BCUT2D eigenvalue weighted by Gasteiger charge is 2.05. The first-order chi connectivity index (χ1) is 12.1. The standard InChI is InChI=1S/C21H18ClNO2/c22-19-9-5-18(6-10-19)21(25)23-14-13-15-1-3-16(4-2-15)17-7-11-20(24)12-8-17/h1-12,24H,13-14H2,(H,23,25). The molecule has 0 atom stereocenters. The molecule has 126 valence electrons. The van der Waals surface area contributed by atoms with Gasteiger partial charge in [-0.05, 0) is 59.5 Å². The summed E-state index contributed by atoms with van der Waals surface area (Å²) >= 11 is 5.82. The molecule has 0 aromatic heterocycles. The first-order valence-electron chi connectivity index (χ1n) is 8.04. The van der Waals surface area contributed by atoms with Gasteiger partial charge in [-0.15, -0.1) is 0 Å². The third-order valence-electron chi connectivity index (χ3n) is 3.96. The van der Waals surface area contributed by atoms with Gasteiger partial charge in [0.2, 0.25) is 0 Å². The summed E-state index contributed by atoms with van der Waals surface area (Å²) in [7, 11) is 0. The van der Waals surface area contributed by atoms with Crippen LogP contribution in [-0.4, -0.2) is 17.6 Å². The summed E-state index contributed by atoms with van der Waals surface area (Å²) in [6.45, 7) is 0.569. The highest BCUT2D eigenvalue weighted by Crippen LogP contribution is 2.22. The number of amides is 1. The van der Waals surface area contributed by atoms with E-state index in [9.17, 15) is 9.90 Å². The van der Waals surface area contributed by atoms with Gasteiger partial charge < -0.3 is 10.4 Å². The van der Waals surface area contributed by atoms with Crippen LogP contribution in [0.4, 0.5) is 0 Å². The van der Waals surface area contributed by atoms with E-state index in [4.69, 9.17) is 11.6 Å². The van der Waals surface area contributed by atoms with Gasteiger partial charge in [0.05, 0.1) is 0 Å². The Balaban J connectivity index is 1.54. The summed E-state index contributed by atoms with van der Waals surface area (Å²) in [6, 6.07) is 22.2. The van der Waals surface area contributed by atoms with Crippen LogP contribution in [0.2, 0.25) is 5.02 Å². The van der Waals surface area contributed by atoms with Gasteiger partial charge >= 0.3 is 0 Å². The van der Waals surface area contributed by atoms with E-state index in [1.54, 1.807) is 36.4 Å². The van der Waals surface area contributed by atoms with E-state index >= 15 is 0 Å². The van der Waals surface area contributed by atoms with Crippen LogP contribution < -0.4 is 5.32 Å². The Morgan fingerprint density at radius 2 is 1.40 bits per heavy atom. The predicted molar refractivity (Wildman–Crippen MR) is 101 cm³/mol. The summed E-state index contributed by atoms with van der Waals surface area (Å²) in [4.78, 5) is 12.0. The molecule has 2 N–H and O–H groups in total. The molecule has 0 saturated carbocycles. The smallest absolute Gasteiger partial charge is 0.251 e. The van der Waals surface area contributed by atoms with Gasteiger partial charge in [0.25, 0.3) is 5.91 Å². The Morgan fingerprint density at radius 3 is 2.00 bits per heavy atom. The largest absolute Gasteiger partial charge is 0.508 e. The Hall–Kier alpha value is -2.78. The monoisotopic (exact) mass is 351 g/mol. The molecule has 0 aliphatic carbocycles. The van der Waals surface area contributed by atoms with Crippen molar-refractivity contribution in [2.45, 2.75) is 6.42 Å². The quantitative estimate of drug-likeness (QED) is 0.700. The lowest BCUT2D eigenvalue weighted by Gasteiger charge is -2.07. The molecule has 3 aromatic carbocycles. The van der Waals surface area contributed by atoms with Crippen LogP contribution in [0.15, 0.2) is 72.8 Å². The molecule has 0 bridgehead atoms. The first kappa shape index (κ1) is 17.1. The van der Waals surface area contributed by atoms with Crippen molar-refractivity contribution in [1.29, 1.82) is 0 Å². The average Bonchev–Trinajstić information content (AvgIpc) is 2.63. The minimum absolute atomic E-state index is 0.0996. The van der Waals surface area contributed by atoms with Gasteiger partial charge in [0.1, 0.15) is 5.75 Å². The maximum atomic E-state index is 12.0. The van der Waals surface area contributed by atoms with Gasteiger partial charge in [0, 0.05) is 17.1 Å². The summed E-state index contributed by atoms with van der Waals surface area (Å²) in [5.74, 6) is 0.161. The van der Waals surface area contributed by atoms with Crippen LogP contribution in [0.3, 0.4) is 0 Å². The third kappa shape index (κ3) is 4.61. The van der Waals surface area contributed by atoms with Gasteiger partial charge in [-0.2, -0.15) is 0 Å². The number of halogens is 1. The van der Waals surface area contributed by atoms with Crippen molar-refractivity contribution in [2.75, 3.05) is 6.54 Å². The molecule has 1 amide bonds. The van der Waals surface area contributed by atoms with Crippen molar-refractivity contribution >= 4 is 17.5 Å². The molecule has 3 nitrogen and oxygen atoms in total. The molecule has 25 heavy (non-hydrogen) atoms. The van der Waals surface area contributed by atoms with Crippen LogP contribution in [0.5, 0.6) is 5.75 Å². The number of phenolic OH excluding ortho intramolecular Hbond substituents is 1. The molecule has 0 spiro atoms. The van der Waals surface area contributed by atoms with Crippen molar-refractivity contribution in [3.8, 4) is 16.9 Å². The van der Waals surface area contributed by atoms with Crippen molar-refractivity contribution in [1.82, 2.24) is 5.32 Å². The van der Waals surface area contributed by atoms with Gasteiger partial charge in [-0.1, -0.05) is 48.0 Å². The Labute approximate surface area is 151 Å². The molecule has 0 heterocycles. The number of aromatic hydroxyl groups is 1. The van der Waals surface area contributed by atoms with Crippen LogP contribution >= 0.6 is 11.6 Å². The third-order valence-corrected chi connectivity index (χ3v) is 4.21. The lowest BCUT2D eigenvalue weighted by atomic mass is 10.0. The van der Waals surface area contributed by atoms with E-state index in [2.05, 4.69) is 17.4 Å². The van der Waals surface area contributed by atoms with Crippen LogP contribution in [-0.2, 0) is 6.42 Å². The second-order valence-corrected chi connectivity index (χ2v) is 6.19. The highest BCUT2D eigenvalue weighted by atomic mass is 35.5. The van der Waals surface area contributed by atoms with Crippen molar-refractivity contribution in [3.63, 3.8) is 0 Å². The van der Waals surface area contributed by atoms with Crippen LogP contribution in [0.25, 0.3) is 11.1 Å². The zero-order chi connectivity index (χ0) is 17.6. The number of phenols is 1. The van der Waals surface area contributed by atoms with Crippen molar-refractivity contribution < 1.29 is 9.90 Å². The van der Waals surface area contributed by atoms with E-state index in [1.807, 2.05) is 24.3 Å². The Bertz CT molecular complexity index is 841. The summed E-state index contributed by atoms with van der Waals surface area (Å²) in [5, 5.41) is 12.9. The summed E-state index contributed by atoms with van der Waals surface area (Å²) < 4.78 is 0. The first-order valence-corrected chi connectivity index (χ1v) is 8.42. The molecular weight excluding hydrogens is 334 g/mol. The molecule has 0 aliphatic heterocycles. The number of hydrogen-bond donors (Lipinski definition) is 2. The van der Waals surface area contributed by atoms with Crippen LogP contribution in [0.1, 0.15) is 15.9 Å². The highest BCUT2D eigenvalue weighted by molar-refractivity contribution is 6.30. The number of carbonyl (C=O) groups is 1. The molecule has 4 heteroatoms. The van der Waals surface area contributed by atoms with Crippen molar-refractivity contribution in [3.05, 3.63) is 88.9 Å². The Kier molecular flexibility index (Phi) is 5.36. The summed E-state index contributed by atoms with van der Waals surface area (Å²) in [6.07, 6.45) is 0.759. The molecule has 0 radical (unpaired) electrons. The molecule has 0 unspecified atom stereocenters. The predicted octanol–water partition coefficient (Wildman–Crippen LogP) is 4.69. The van der Waals surface area contributed by atoms with Gasteiger partial charge in [-0.3, -0.25) is 4.79 Å². The minimum Gasteiger partial charge on any atom is -0.508 e. The topological polar surface area (TPSA) is 49.3 Å². The number of rotatable bonds is 5. The fourth-order valence-electron chi connectivity index (χ4n) is 2.54. The SMILES string of the molecule is O=C(NCCc1ccc(-c2ccc(O)cc2)cc1)c1ccc(Cl)cc1. The Morgan fingerprint density at radius 1 is 0.840 bits per heavy atom. The van der Waals surface area contributed by atoms with Gasteiger partial charge in [0.15, 0.2) is 0 Å². The summed E-state index contributed by atoms with van der Waals surface area (Å²) in [5.41, 5.74) is 3.90. The zero-order valence-corrected chi connectivity index (χ0v) is 14.3. The van der Waals surface area contributed by atoms with E-state index in [0.29, 0.717) is 17.1 Å². The molecule has 0 fully saturated rings. The molecule has 0 aliphatic rings. The molecule has 3 aromatic rings. The van der Waals surface area contributed by atoms with E-state index in [1.165, 1.54) is 0 Å². The lowest BCUT2D eigenvalue weighted by molar-refractivity contribution is 0.0954. The molecule has 0 saturated heterocycles. The number of benzene rings is 3. The van der Waals surface area contributed by atoms with E-state index < -0.39 is 0 Å². The fourth-order valence-corrected chi connectivity index (χ4v) is 2.67. The minimum atomic E-state index is -0.0996. The average molecular weight is 352 g/mol. The number of hydrogen-bond acceptors (Lipinski definition) is 2. The second kappa shape index (κ2) is 7.86. The van der Waals surface area contributed by atoms with Crippen molar-refractivity contribution in [2.24, 2.45) is 0 Å². The maximum absolute atomic E-state index is 12.0. The second-order valence-electron chi connectivity index (χ2n) is 5.76. The normalized spacial score (nSPS) is 10.4. The lowest BCUT2D eigenvalue weighted by Crippen LogP contribution is -2.25. The molecule has 3 rings (SSSR count). The fraction of sp³-hybridized carbons (Fsp3) is 0.0952. The van der Waals surface area contributed by atoms with E-state index in [-0.39, 0.29) is 11.7 Å². The van der Waals surface area contributed by atoms with E-state index in [0.717, 1.165) is 23.1 Å². The zero-order valence-electron chi connectivity index (χ0n) is 13.6.